The van der Waals surface area contributed by atoms with E-state index in [1.165, 1.54) is 12.1 Å². The van der Waals surface area contributed by atoms with Crippen LogP contribution in [0.3, 0.4) is 0 Å². The summed E-state index contributed by atoms with van der Waals surface area (Å²) in [5, 5.41) is 2.91. The van der Waals surface area contributed by atoms with Crippen LogP contribution in [0, 0.1) is 0 Å². The number of carbonyl (C=O) groups is 1. The van der Waals surface area contributed by atoms with Gasteiger partial charge in [0.1, 0.15) is 0 Å². The average molecular weight is 329 g/mol. The van der Waals surface area contributed by atoms with E-state index < -0.39 is 17.3 Å². The second-order valence-corrected chi connectivity index (χ2v) is 6.61. The van der Waals surface area contributed by atoms with E-state index in [4.69, 9.17) is 5.73 Å². The fourth-order valence-electron chi connectivity index (χ4n) is 2.52. The van der Waals surface area contributed by atoms with Crippen molar-refractivity contribution in [1.29, 1.82) is 0 Å². The van der Waals surface area contributed by atoms with Crippen molar-refractivity contribution < 1.29 is 18.0 Å². The van der Waals surface area contributed by atoms with Crippen LogP contribution in [-0.2, 0) is 17.5 Å². The number of likely N-dealkylation sites (tertiary alicyclic amines) is 1. The molecule has 1 aromatic carbocycles. The lowest BCUT2D eigenvalue weighted by atomic mass is 10.1. The Labute approximate surface area is 133 Å². The first-order valence-corrected chi connectivity index (χ1v) is 7.54. The second-order valence-electron chi connectivity index (χ2n) is 6.61. The molecule has 1 unspecified atom stereocenters. The first-order chi connectivity index (χ1) is 10.6. The summed E-state index contributed by atoms with van der Waals surface area (Å²) in [7, 11) is 0. The first-order valence-electron chi connectivity index (χ1n) is 7.54. The van der Waals surface area contributed by atoms with Crippen molar-refractivity contribution in [3.05, 3.63) is 35.4 Å². The Morgan fingerprint density at radius 1 is 1.30 bits per heavy atom. The van der Waals surface area contributed by atoms with E-state index in [1.54, 1.807) is 13.8 Å². The molecule has 1 aliphatic rings. The molecule has 23 heavy (non-hydrogen) atoms. The molecule has 0 bridgehead atoms. The van der Waals surface area contributed by atoms with Crippen molar-refractivity contribution >= 4 is 5.91 Å². The fraction of sp³-hybridized carbons (Fsp3) is 0.562. The highest BCUT2D eigenvalue weighted by Gasteiger charge is 2.31. The Kier molecular flexibility index (Phi) is 5.01. The molecule has 0 aliphatic carbocycles. The standard InChI is InChI=1S/C16H22F3N3O/c1-15(2,20)14(23)21-13-7-8-22(10-13)9-11-3-5-12(6-4-11)16(17,18)19/h3-6,13H,7-10,20H2,1-2H3,(H,21,23). The molecule has 0 saturated carbocycles. The van der Waals surface area contributed by atoms with Crippen LogP contribution in [0.4, 0.5) is 13.2 Å². The number of halogens is 3. The van der Waals surface area contributed by atoms with Gasteiger partial charge in [0.15, 0.2) is 0 Å². The topological polar surface area (TPSA) is 58.4 Å². The van der Waals surface area contributed by atoms with E-state index in [-0.39, 0.29) is 11.9 Å². The van der Waals surface area contributed by atoms with Gasteiger partial charge >= 0.3 is 6.18 Å². The molecule has 1 fully saturated rings. The zero-order chi connectivity index (χ0) is 17.3. The fourth-order valence-corrected chi connectivity index (χ4v) is 2.52. The van der Waals surface area contributed by atoms with E-state index in [9.17, 15) is 18.0 Å². The van der Waals surface area contributed by atoms with Crippen LogP contribution in [0.1, 0.15) is 31.4 Å². The highest BCUT2D eigenvalue weighted by Crippen LogP contribution is 2.29. The monoisotopic (exact) mass is 329 g/mol. The number of nitrogens with one attached hydrogen (secondary N) is 1. The summed E-state index contributed by atoms with van der Waals surface area (Å²) in [6, 6.07) is 5.22. The van der Waals surface area contributed by atoms with Crippen molar-refractivity contribution in [3.8, 4) is 0 Å². The van der Waals surface area contributed by atoms with Gasteiger partial charge in [-0.05, 0) is 38.0 Å². The predicted octanol–water partition coefficient (Wildman–Crippen LogP) is 2.13. The molecule has 128 valence electrons. The van der Waals surface area contributed by atoms with Crippen molar-refractivity contribution in [2.24, 2.45) is 5.73 Å². The molecule has 0 aromatic heterocycles. The Bertz CT molecular complexity index is 549. The Morgan fingerprint density at radius 3 is 2.43 bits per heavy atom. The normalized spacial score (nSPS) is 19.8. The SMILES string of the molecule is CC(C)(N)C(=O)NC1CCN(Cc2ccc(C(F)(F)F)cc2)C1. The van der Waals surface area contributed by atoms with E-state index in [2.05, 4.69) is 10.2 Å². The third-order valence-electron chi connectivity index (χ3n) is 3.88. The van der Waals surface area contributed by atoms with Gasteiger partial charge in [-0.3, -0.25) is 9.69 Å². The maximum absolute atomic E-state index is 12.5. The van der Waals surface area contributed by atoms with Crippen molar-refractivity contribution in [2.75, 3.05) is 13.1 Å². The lowest BCUT2D eigenvalue weighted by molar-refractivity contribution is -0.137. The summed E-state index contributed by atoms with van der Waals surface area (Å²) >= 11 is 0. The van der Waals surface area contributed by atoms with E-state index >= 15 is 0 Å². The van der Waals surface area contributed by atoms with Gasteiger partial charge in [0, 0.05) is 25.7 Å². The molecule has 1 aromatic rings. The van der Waals surface area contributed by atoms with Crippen molar-refractivity contribution in [1.82, 2.24) is 10.2 Å². The number of amides is 1. The average Bonchev–Trinajstić information content (AvgIpc) is 2.84. The molecular weight excluding hydrogens is 307 g/mol. The maximum atomic E-state index is 12.5. The quantitative estimate of drug-likeness (QED) is 0.890. The molecule has 1 saturated heterocycles. The lowest BCUT2D eigenvalue weighted by Crippen LogP contribution is -2.52. The number of carbonyl (C=O) groups excluding carboxylic acids is 1. The van der Waals surface area contributed by atoms with Gasteiger partial charge in [0.05, 0.1) is 11.1 Å². The molecule has 7 heteroatoms. The van der Waals surface area contributed by atoms with Crippen LogP contribution in [-0.4, -0.2) is 35.5 Å². The summed E-state index contributed by atoms with van der Waals surface area (Å²) in [6.45, 7) is 5.32. The molecule has 1 amide bonds. The third-order valence-corrected chi connectivity index (χ3v) is 3.88. The van der Waals surface area contributed by atoms with Gasteiger partial charge in [-0.1, -0.05) is 12.1 Å². The Morgan fingerprint density at radius 2 is 1.91 bits per heavy atom. The first kappa shape index (κ1) is 17.7. The highest BCUT2D eigenvalue weighted by atomic mass is 19.4. The maximum Gasteiger partial charge on any atom is 0.416 e. The summed E-state index contributed by atoms with van der Waals surface area (Å²) in [4.78, 5) is 14.0. The van der Waals surface area contributed by atoms with Crippen molar-refractivity contribution in [2.45, 2.75) is 44.6 Å². The Hall–Kier alpha value is -1.60. The van der Waals surface area contributed by atoms with Gasteiger partial charge in [-0.2, -0.15) is 13.2 Å². The molecule has 1 atom stereocenters. The van der Waals surface area contributed by atoms with Crippen LogP contribution in [0.2, 0.25) is 0 Å². The van der Waals surface area contributed by atoms with Crippen LogP contribution in [0.15, 0.2) is 24.3 Å². The highest BCUT2D eigenvalue weighted by molar-refractivity contribution is 5.85. The second kappa shape index (κ2) is 6.49. The predicted molar refractivity (Wildman–Crippen MR) is 81.5 cm³/mol. The lowest BCUT2D eigenvalue weighted by Gasteiger charge is -2.22. The van der Waals surface area contributed by atoms with Crippen LogP contribution < -0.4 is 11.1 Å². The smallest absolute Gasteiger partial charge is 0.350 e. The molecule has 2 rings (SSSR count). The van der Waals surface area contributed by atoms with Gasteiger partial charge < -0.3 is 11.1 Å². The van der Waals surface area contributed by atoms with E-state index in [1.807, 2.05) is 0 Å². The van der Waals surface area contributed by atoms with E-state index in [0.29, 0.717) is 13.1 Å². The van der Waals surface area contributed by atoms with Gasteiger partial charge in [-0.15, -0.1) is 0 Å². The molecule has 1 heterocycles. The van der Waals surface area contributed by atoms with E-state index in [0.717, 1.165) is 30.7 Å². The zero-order valence-corrected chi connectivity index (χ0v) is 13.3. The van der Waals surface area contributed by atoms with Crippen LogP contribution in [0.25, 0.3) is 0 Å². The Balaban J connectivity index is 1.87. The molecule has 4 nitrogen and oxygen atoms in total. The van der Waals surface area contributed by atoms with Crippen molar-refractivity contribution in [3.63, 3.8) is 0 Å². The number of alkyl halides is 3. The minimum atomic E-state index is -4.31. The number of hydrogen-bond donors (Lipinski definition) is 2. The number of hydrogen-bond acceptors (Lipinski definition) is 3. The molecular formula is C16H22F3N3O. The zero-order valence-electron chi connectivity index (χ0n) is 13.3. The number of benzene rings is 1. The van der Waals surface area contributed by atoms with Gasteiger partial charge in [0.25, 0.3) is 0 Å². The molecule has 0 radical (unpaired) electrons. The van der Waals surface area contributed by atoms with Crippen LogP contribution >= 0.6 is 0 Å². The number of rotatable bonds is 4. The minimum absolute atomic E-state index is 0.0276. The summed E-state index contributed by atoms with van der Waals surface area (Å²) in [5.74, 6) is -0.195. The summed E-state index contributed by atoms with van der Waals surface area (Å²) < 4.78 is 37.6. The largest absolute Gasteiger partial charge is 0.416 e. The molecule has 0 spiro atoms. The number of nitrogens with zero attached hydrogens (tertiary/aromatic N) is 1. The van der Waals surface area contributed by atoms with Gasteiger partial charge in [0.2, 0.25) is 5.91 Å². The third kappa shape index (κ3) is 4.94. The molecule has 3 N–H and O–H groups in total. The summed E-state index contributed by atoms with van der Waals surface area (Å²) in [5.41, 5.74) is 5.01. The summed E-state index contributed by atoms with van der Waals surface area (Å²) in [6.07, 6.45) is -3.50. The van der Waals surface area contributed by atoms with Gasteiger partial charge in [-0.25, -0.2) is 0 Å². The molecule has 1 aliphatic heterocycles. The van der Waals surface area contributed by atoms with Crippen LogP contribution in [0.5, 0.6) is 0 Å². The minimum Gasteiger partial charge on any atom is -0.350 e. The number of nitrogens with two attached hydrogens (primary N) is 1.